The molecule has 1 aliphatic rings. The molecule has 0 bridgehead atoms. The molecule has 194 valence electrons. The zero-order chi connectivity index (χ0) is 26.1. The third-order valence-corrected chi connectivity index (χ3v) is 6.24. The van der Waals surface area contributed by atoms with E-state index in [-0.39, 0.29) is 24.9 Å². The van der Waals surface area contributed by atoms with Crippen molar-refractivity contribution in [2.45, 2.75) is 45.1 Å². The normalized spacial score (nSPS) is 18.6. The van der Waals surface area contributed by atoms with Gasteiger partial charge in [-0.15, -0.1) is 0 Å². The number of halogens is 3. The molecule has 0 radical (unpaired) electrons. The SMILES string of the molecule is CC(C)CC(=O)N1CCN(c2ccnc(-c3c[nH]c4ncccc34)n2)[C@@H](C(C)(O)NCC(F)(F)F)C1. The van der Waals surface area contributed by atoms with E-state index < -0.39 is 24.5 Å². The number of rotatable bonds is 7. The Labute approximate surface area is 206 Å². The Morgan fingerprint density at radius 2 is 2.03 bits per heavy atom. The Kier molecular flexibility index (Phi) is 7.19. The van der Waals surface area contributed by atoms with Crippen LogP contribution in [0.3, 0.4) is 0 Å². The predicted molar refractivity (Wildman–Crippen MR) is 129 cm³/mol. The number of aliphatic hydroxyl groups is 1. The van der Waals surface area contributed by atoms with E-state index in [0.29, 0.717) is 30.3 Å². The molecule has 4 rings (SSSR count). The van der Waals surface area contributed by atoms with Crippen molar-refractivity contribution in [3.8, 4) is 11.4 Å². The van der Waals surface area contributed by atoms with Crippen molar-refractivity contribution in [3.63, 3.8) is 0 Å². The maximum absolute atomic E-state index is 13.0. The number of H-pyrrole nitrogens is 1. The number of hydrogen-bond acceptors (Lipinski definition) is 7. The van der Waals surface area contributed by atoms with Crippen molar-refractivity contribution in [2.24, 2.45) is 5.92 Å². The van der Waals surface area contributed by atoms with Crippen molar-refractivity contribution in [2.75, 3.05) is 31.1 Å². The molecule has 0 spiro atoms. The lowest BCUT2D eigenvalue weighted by molar-refractivity contribution is -0.145. The number of fused-ring (bicyclic) bond motifs is 1. The van der Waals surface area contributed by atoms with Gasteiger partial charge in [-0.05, 0) is 31.0 Å². The van der Waals surface area contributed by atoms with Gasteiger partial charge in [0.15, 0.2) is 5.82 Å². The highest BCUT2D eigenvalue weighted by atomic mass is 19.4. The van der Waals surface area contributed by atoms with E-state index >= 15 is 0 Å². The van der Waals surface area contributed by atoms with E-state index in [1.807, 2.05) is 19.9 Å². The number of anilines is 1. The smallest absolute Gasteiger partial charge is 0.374 e. The van der Waals surface area contributed by atoms with E-state index in [9.17, 15) is 23.1 Å². The molecular formula is C24H30F3N7O2. The number of piperazine rings is 1. The lowest BCUT2D eigenvalue weighted by atomic mass is 9.99. The number of aromatic nitrogens is 4. The van der Waals surface area contributed by atoms with Crippen LogP contribution in [0.1, 0.15) is 27.2 Å². The van der Waals surface area contributed by atoms with Crippen LogP contribution >= 0.6 is 0 Å². The van der Waals surface area contributed by atoms with E-state index in [1.165, 1.54) is 6.92 Å². The molecule has 1 aliphatic heterocycles. The van der Waals surface area contributed by atoms with Gasteiger partial charge < -0.3 is 19.9 Å². The van der Waals surface area contributed by atoms with Crippen molar-refractivity contribution in [1.82, 2.24) is 30.2 Å². The fourth-order valence-corrected chi connectivity index (χ4v) is 4.42. The van der Waals surface area contributed by atoms with Gasteiger partial charge in [0.2, 0.25) is 5.91 Å². The molecule has 12 heteroatoms. The average molecular weight is 506 g/mol. The summed E-state index contributed by atoms with van der Waals surface area (Å²) in [5.74, 6) is 0.879. The van der Waals surface area contributed by atoms with E-state index in [2.05, 4.69) is 25.3 Å². The largest absolute Gasteiger partial charge is 0.401 e. The predicted octanol–water partition coefficient (Wildman–Crippen LogP) is 2.94. The Morgan fingerprint density at radius 1 is 1.25 bits per heavy atom. The Hall–Kier alpha value is -3.25. The van der Waals surface area contributed by atoms with Gasteiger partial charge >= 0.3 is 6.18 Å². The van der Waals surface area contributed by atoms with Crippen LogP contribution in [-0.4, -0.2) is 80.0 Å². The number of nitrogens with one attached hydrogen (secondary N) is 2. The Balaban J connectivity index is 1.66. The summed E-state index contributed by atoms with van der Waals surface area (Å²) in [6, 6.07) is 4.45. The molecule has 0 aromatic carbocycles. The summed E-state index contributed by atoms with van der Waals surface area (Å²) >= 11 is 0. The van der Waals surface area contributed by atoms with E-state index in [4.69, 9.17) is 0 Å². The summed E-state index contributed by atoms with van der Waals surface area (Å²) in [7, 11) is 0. The van der Waals surface area contributed by atoms with Gasteiger partial charge in [-0.25, -0.2) is 15.0 Å². The average Bonchev–Trinajstić information content (AvgIpc) is 3.26. The first-order valence-electron chi connectivity index (χ1n) is 11.8. The second kappa shape index (κ2) is 10.0. The zero-order valence-electron chi connectivity index (χ0n) is 20.4. The maximum Gasteiger partial charge on any atom is 0.401 e. The van der Waals surface area contributed by atoms with Crippen molar-refractivity contribution in [1.29, 1.82) is 0 Å². The minimum atomic E-state index is -4.51. The topological polar surface area (TPSA) is 110 Å². The number of carbonyl (C=O) groups excluding carboxylic acids is 1. The summed E-state index contributed by atoms with van der Waals surface area (Å²) in [4.78, 5) is 32.5. The van der Waals surface area contributed by atoms with Gasteiger partial charge in [0.05, 0.1) is 12.6 Å². The molecule has 36 heavy (non-hydrogen) atoms. The molecule has 3 aromatic rings. The minimum Gasteiger partial charge on any atom is -0.374 e. The fourth-order valence-electron chi connectivity index (χ4n) is 4.42. The van der Waals surface area contributed by atoms with Crippen molar-refractivity contribution < 1.29 is 23.1 Å². The van der Waals surface area contributed by atoms with Crippen molar-refractivity contribution in [3.05, 3.63) is 36.8 Å². The van der Waals surface area contributed by atoms with Crippen LogP contribution in [0.15, 0.2) is 36.8 Å². The van der Waals surface area contributed by atoms with Gasteiger partial charge in [0.25, 0.3) is 0 Å². The number of nitrogens with zero attached hydrogens (tertiary/aromatic N) is 5. The lowest BCUT2D eigenvalue weighted by Gasteiger charge is -2.48. The Bertz CT molecular complexity index is 1210. The highest BCUT2D eigenvalue weighted by Gasteiger charge is 2.43. The number of hydrogen-bond donors (Lipinski definition) is 3. The molecule has 1 amide bonds. The lowest BCUT2D eigenvalue weighted by Crippen LogP contribution is -2.68. The van der Waals surface area contributed by atoms with E-state index in [1.54, 1.807) is 40.5 Å². The van der Waals surface area contributed by atoms with Crippen LogP contribution in [0.4, 0.5) is 19.0 Å². The first-order valence-corrected chi connectivity index (χ1v) is 11.8. The monoisotopic (exact) mass is 505 g/mol. The molecule has 3 N–H and O–H groups in total. The number of carbonyl (C=O) groups is 1. The van der Waals surface area contributed by atoms with Gasteiger partial charge in [-0.1, -0.05) is 13.8 Å². The number of pyridine rings is 1. The number of amides is 1. The van der Waals surface area contributed by atoms with Crippen LogP contribution in [0.5, 0.6) is 0 Å². The molecule has 3 aromatic heterocycles. The fraction of sp³-hybridized carbons (Fsp3) is 0.500. The number of alkyl halides is 3. The van der Waals surface area contributed by atoms with E-state index in [0.717, 1.165) is 10.9 Å². The molecule has 9 nitrogen and oxygen atoms in total. The van der Waals surface area contributed by atoms with Gasteiger partial charge in [0.1, 0.15) is 17.2 Å². The maximum atomic E-state index is 13.0. The van der Waals surface area contributed by atoms with Gasteiger partial charge in [-0.2, -0.15) is 13.2 Å². The third kappa shape index (κ3) is 5.76. The Morgan fingerprint density at radius 3 is 2.75 bits per heavy atom. The standard InChI is InChI=1S/C24H30F3N7O2/c1-15(2)11-20(35)33-9-10-34(18(13-33)23(3,36)31-14-24(25,26)27)19-6-8-29-22(32-19)17-12-30-21-16(17)5-4-7-28-21/h4-8,12,15,18,31,36H,9-11,13-14H2,1-3H3,(H,28,30)/t18-,23?/m1/s1. The summed E-state index contributed by atoms with van der Waals surface area (Å²) in [6.45, 7) is 4.45. The third-order valence-electron chi connectivity index (χ3n) is 6.24. The molecule has 4 heterocycles. The van der Waals surface area contributed by atoms with Crippen molar-refractivity contribution >= 4 is 22.8 Å². The molecule has 0 saturated carbocycles. The number of aromatic amines is 1. The van der Waals surface area contributed by atoms with Crippen LogP contribution < -0.4 is 10.2 Å². The molecule has 1 saturated heterocycles. The highest BCUT2D eigenvalue weighted by molar-refractivity contribution is 5.91. The quantitative estimate of drug-likeness (QED) is 0.424. The minimum absolute atomic E-state index is 0.0414. The summed E-state index contributed by atoms with van der Waals surface area (Å²) in [5.41, 5.74) is -0.567. The summed E-state index contributed by atoms with van der Waals surface area (Å²) < 4.78 is 38.9. The first kappa shape index (κ1) is 25.8. The van der Waals surface area contributed by atoms with Crippen LogP contribution in [0.2, 0.25) is 0 Å². The van der Waals surface area contributed by atoms with Crippen LogP contribution in [0, 0.1) is 5.92 Å². The molecule has 0 aliphatic carbocycles. The molecule has 1 fully saturated rings. The van der Waals surface area contributed by atoms with Gasteiger partial charge in [0, 0.05) is 55.6 Å². The van der Waals surface area contributed by atoms with Crippen LogP contribution in [-0.2, 0) is 4.79 Å². The summed E-state index contributed by atoms with van der Waals surface area (Å²) in [6.07, 6.45) is 0.787. The molecule has 1 unspecified atom stereocenters. The second-order valence-electron chi connectivity index (χ2n) is 9.60. The first-order chi connectivity index (χ1) is 16.9. The summed E-state index contributed by atoms with van der Waals surface area (Å²) in [5, 5.41) is 14.2. The second-order valence-corrected chi connectivity index (χ2v) is 9.60. The zero-order valence-corrected chi connectivity index (χ0v) is 20.4. The molecular weight excluding hydrogens is 475 g/mol. The highest BCUT2D eigenvalue weighted by Crippen LogP contribution is 2.30. The van der Waals surface area contributed by atoms with Gasteiger partial charge in [-0.3, -0.25) is 10.1 Å². The van der Waals surface area contributed by atoms with Crippen LogP contribution in [0.25, 0.3) is 22.4 Å². The molecule has 2 atom stereocenters.